The zero-order valence-corrected chi connectivity index (χ0v) is 13.7. The standard InChI is InChI=1S/C14H20BrN3O3/c1-2-21-10-9-16-5-7-17(8-6-16)14-4-3-12(18(19)20)11-13(14)15/h3-4,11H,2,5-10H2,1H3. The van der Waals surface area contributed by atoms with Gasteiger partial charge in [0.1, 0.15) is 0 Å². The lowest BCUT2D eigenvalue weighted by molar-refractivity contribution is -0.384. The van der Waals surface area contributed by atoms with E-state index in [4.69, 9.17) is 4.74 Å². The molecule has 0 spiro atoms. The lowest BCUT2D eigenvalue weighted by Gasteiger charge is -2.36. The van der Waals surface area contributed by atoms with Crippen molar-refractivity contribution in [2.75, 3.05) is 50.8 Å². The second-order valence-corrected chi connectivity index (χ2v) is 5.77. The first-order valence-corrected chi connectivity index (χ1v) is 7.90. The predicted molar refractivity (Wildman–Crippen MR) is 85.9 cm³/mol. The van der Waals surface area contributed by atoms with Crippen LogP contribution in [0.2, 0.25) is 0 Å². The molecule has 1 fully saturated rings. The molecule has 0 aromatic heterocycles. The number of hydrogen-bond acceptors (Lipinski definition) is 5. The van der Waals surface area contributed by atoms with Crippen molar-refractivity contribution in [3.63, 3.8) is 0 Å². The number of anilines is 1. The molecule has 21 heavy (non-hydrogen) atoms. The number of ether oxygens (including phenoxy) is 1. The van der Waals surface area contributed by atoms with Crippen LogP contribution in [0.15, 0.2) is 22.7 Å². The fourth-order valence-electron chi connectivity index (χ4n) is 2.42. The first-order chi connectivity index (χ1) is 10.1. The Bertz CT molecular complexity index is 490. The summed E-state index contributed by atoms with van der Waals surface area (Å²) in [4.78, 5) is 15.0. The third-order valence-electron chi connectivity index (χ3n) is 3.61. The van der Waals surface area contributed by atoms with Crippen molar-refractivity contribution < 1.29 is 9.66 Å². The van der Waals surface area contributed by atoms with Gasteiger partial charge in [0, 0.05) is 55.9 Å². The van der Waals surface area contributed by atoms with E-state index in [1.54, 1.807) is 12.1 Å². The second kappa shape index (κ2) is 7.72. The molecule has 1 aliphatic rings. The average Bonchev–Trinajstić information content (AvgIpc) is 2.48. The van der Waals surface area contributed by atoms with Gasteiger partial charge in [-0.3, -0.25) is 15.0 Å². The van der Waals surface area contributed by atoms with Gasteiger partial charge >= 0.3 is 0 Å². The Morgan fingerprint density at radius 1 is 1.33 bits per heavy atom. The van der Waals surface area contributed by atoms with Gasteiger partial charge in [-0.1, -0.05) is 0 Å². The summed E-state index contributed by atoms with van der Waals surface area (Å²) in [5.74, 6) is 0. The largest absolute Gasteiger partial charge is 0.380 e. The number of nitrogens with zero attached hydrogens (tertiary/aromatic N) is 3. The molecule has 6 nitrogen and oxygen atoms in total. The Morgan fingerprint density at radius 3 is 2.62 bits per heavy atom. The molecular formula is C14H20BrN3O3. The summed E-state index contributed by atoms with van der Waals surface area (Å²) in [5, 5.41) is 10.8. The van der Waals surface area contributed by atoms with Gasteiger partial charge in [0.25, 0.3) is 5.69 Å². The number of non-ortho nitro benzene ring substituents is 1. The summed E-state index contributed by atoms with van der Waals surface area (Å²) in [7, 11) is 0. The van der Waals surface area contributed by atoms with Gasteiger partial charge in [-0.2, -0.15) is 0 Å². The molecule has 116 valence electrons. The minimum Gasteiger partial charge on any atom is -0.380 e. The maximum absolute atomic E-state index is 10.8. The molecule has 0 atom stereocenters. The van der Waals surface area contributed by atoms with E-state index < -0.39 is 0 Å². The van der Waals surface area contributed by atoms with E-state index >= 15 is 0 Å². The highest BCUT2D eigenvalue weighted by molar-refractivity contribution is 9.10. The summed E-state index contributed by atoms with van der Waals surface area (Å²) in [6.45, 7) is 8.30. The van der Waals surface area contributed by atoms with Gasteiger partial charge in [0.2, 0.25) is 0 Å². The van der Waals surface area contributed by atoms with Crippen molar-refractivity contribution in [3.05, 3.63) is 32.8 Å². The highest BCUT2D eigenvalue weighted by Crippen LogP contribution is 2.30. The molecule has 0 aliphatic carbocycles. The SMILES string of the molecule is CCOCCN1CCN(c2ccc([N+](=O)[O-])cc2Br)CC1. The number of hydrogen-bond donors (Lipinski definition) is 0. The third-order valence-corrected chi connectivity index (χ3v) is 4.25. The Morgan fingerprint density at radius 2 is 2.05 bits per heavy atom. The summed E-state index contributed by atoms with van der Waals surface area (Å²) >= 11 is 3.44. The topological polar surface area (TPSA) is 58.8 Å². The fourth-order valence-corrected chi connectivity index (χ4v) is 3.03. The Labute approximate surface area is 132 Å². The molecule has 1 saturated heterocycles. The number of rotatable bonds is 6. The third kappa shape index (κ3) is 4.39. The first kappa shape index (κ1) is 16.2. The van der Waals surface area contributed by atoms with Crippen molar-refractivity contribution in [2.45, 2.75) is 6.92 Å². The molecule has 0 unspecified atom stereocenters. The molecule has 2 rings (SSSR count). The smallest absolute Gasteiger partial charge is 0.270 e. The Kier molecular flexibility index (Phi) is 5.96. The van der Waals surface area contributed by atoms with Crippen LogP contribution in [-0.4, -0.2) is 55.8 Å². The molecule has 0 amide bonds. The van der Waals surface area contributed by atoms with Crippen molar-refractivity contribution in [2.24, 2.45) is 0 Å². The van der Waals surface area contributed by atoms with Crippen LogP contribution in [0.4, 0.5) is 11.4 Å². The van der Waals surface area contributed by atoms with E-state index in [1.807, 2.05) is 13.0 Å². The Hall–Kier alpha value is -1.18. The van der Waals surface area contributed by atoms with Crippen LogP contribution >= 0.6 is 15.9 Å². The van der Waals surface area contributed by atoms with E-state index in [-0.39, 0.29) is 10.6 Å². The van der Waals surface area contributed by atoms with Crippen LogP contribution < -0.4 is 4.90 Å². The van der Waals surface area contributed by atoms with Crippen LogP contribution in [0.25, 0.3) is 0 Å². The average molecular weight is 358 g/mol. The van der Waals surface area contributed by atoms with Gasteiger partial charge in [-0.15, -0.1) is 0 Å². The number of nitro benzene ring substituents is 1. The van der Waals surface area contributed by atoms with Crippen LogP contribution in [0.5, 0.6) is 0 Å². The maximum atomic E-state index is 10.8. The second-order valence-electron chi connectivity index (χ2n) is 4.92. The summed E-state index contributed by atoms with van der Waals surface area (Å²) in [5.41, 5.74) is 1.13. The predicted octanol–water partition coefficient (Wildman–Crippen LogP) is 2.52. The molecule has 0 saturated carbocycles. The maximum Gasteiger partial charge on any atom is 0.270 e. The lowest BCUT2D eigenvalue weighted by atomic mass is 10.2. The van der Waals surface area contributed by atoms with E-state index in [0.717, 1.165) is 56.1 Å². The van der Waals surface area contributed by atoms with E-state index in [2.05, 4.69) is 25.7 Å². The monoisotopic (exact) mass is 357 g/mol. The molecule has 7 heteroatoms. The number of halogens is 1. The van der Waals surface area contributed by atoms with Crippen LogP contribution in [0.3, 0.4) is 0 Å². The zero-order chi connectivity index (χ0) is 15.2. The molecule has 1 aromatic rings. The van der Waals surface area contributed by atoms with Crippen LogP contribution in [0, 0.1) is 10.1 Å². The van der Waals surface area contributed by atoms with E-state index in [9.17, 15) is 10.1 Å². The van der Waals surface area contributed by atoms with Crippen molar-refractivity contribution in [1.29, 1.82) is 0 Å². The first-order valence-electron chi connectivity index (χ1n) is 7.10. The van der Waals surface area contributed by atoms with Crippen molar-refractivity contribution >= 4 is 27.3 Å². The quantitative estimate of drug-likeness (QED) is 0.444. The molecule has 1 aliphatic heterocycles. The van der Waals surface area contributed by atoms with E-state index in [1.165, 1.54) is 0 Å². The van der Waals surface area contributed by atoms with Gasteiger partial charge in [-0.25, -0.2) is 0 Å². The minimum absolute atomic E-state index is 0.112. The molecule has 1 aromatic carbocycles. The number of nitro groups is 1. The zero-order valence-electron chi connectivity index (χ0n) is 12.1. The van der Waals surface area contributed by atoms with Gasteiger partial charge in [0.15, 0.2) is 0 Å². The fraction of sp³-hybridized carbons (Fsp3) is 0.571. The molecule has 0 radical (unpaired) electrons. The molecule has 1 heterocycles. The highest BCUT2D eigenvalue weighted by atomic mass is 79.9. The highest BCUT2D eigenvalue weighted by Gasteiger charge is 2.19. The van der Waals surface area contributed by atoms with Gasteiger partial charge < -0.3 is 9.64 Å². The molecular weight excluding hydrogens is 338 g/mol. The Balaban J connectivity index is 1.91. The van der Waals surface area contributed by atoms with Crippen molar-refractivity contribution in [1.82, 2.24) is 4.90 Å². The normalized spacial score (nSPS) is 16.2. The summed E-state index contributed by atoms with van der Waals surface area (Å²) in [6, 6.07) is 4.94. The number of piperazine rings is 1. The summed E-state index contributed by atoms with van der Waals surface area (Å²) < 4.78 is 6.15. The van der Waals surface area contributed by atoms with Gasteiger partial charge in [-0.05, 0) is 28.9 Å². The molecule has 0 N–H and O–H groups in total. The minimum atomic E-state index is -0.375. The number of benzene rings is 1. The van der Waals surface area contributed by atoms with Crippen molar-refractivity contribution in [3.8, 4) is 0 Å². The van der Waals surface area contributed by atoms with Crippen LogP contribution in [0.1, 0.15) is 6.92 Å². The van der Waals surface area contributed by atoms with E-state index in [0.29, 0.717) is 0 Å². The van der Waals surface area contributed by atoms with Crippen LogP contribution in [-0.2, 0) is 4.74 Å². The summed E-state index contributed by atoms with van der Waals surface area (Å²) in [6.07, 6.45) is 0. The van der Waals surface area contributed by atoms with Gasteiger partial charge in [0.05, 0.1) is 17.2 Å². The molecule has 0 bridgehead atoms. The lowest BCUT2D eigenvalue weighted by Crippen LogP contribution is -2.47.